The van der Waals surface area contributed by atoms with Gasteiger partial charge in [-0.1, -0.05) is 36.4 Å². The molecule has 3 aliphatic rings. The Bertz CT molecular complexity index is 1110. The van der Waals surface area contributed by atoms with Gasteiger partial charge in [-0.05, 0) is 31.0 Å². The van der Waals surface area contributed by atoms with Gasteiger partial charge in [0, 0.05) is 30.0 Å². The lowest BCUT2D eigenvalue weighted by atomic mass is 9.95. The van der Waals surface area contributed by atoms with E-state index in [0.29, 0.717) is 24.3 Å². The maximum Gasteiger partial charge on any atom is 0.253 e. The van der Waals surface area contributed by atoms with Crippen molar-refractivity contribution in [3.8, 4) is 11.4 Å². The van der Waals surface area contributed by atoms with Gasteiger partial charge in [-0.25, -0.2) is 9.97 Å². The molecule has 5 rings (SSSR count). The molecule has 0 atom stereocenters. The minimum Gasteiger partial charge on any atom is -0.428 e. The quantitative estimate of drug-likeness (QED) is 0.544. The fourth-order valence-corrected chi connectivity index (χ4v) is 4.01. The number of nitrogens with zero attached hydrogens (tertiary/aromatic N) is 4. The average Bonchev–Trinajstić information content (AvgIpc) is 3.18. The molecule has 6 nitrogen and oxygen atoms in total. The lowest BCUT2D eigenvalue weighted by Gasteiger charge is -2.31. The van der Waals surface area contributed by atoms with E-state index < -0.39 is 0 Å². The Morgan fingerprint density at radius 3 is 2.46 bits per heavy atom. The van der Waals surface area contributed by atoms with Crippen LogP contribution in [-0.4, -0.2) is 43.8 Å². The maximum atomic E-state index is 12.6. The van der Waals surface area contributed by atoms with Crippen LogP contribution in [0.1, 0.15) is 34.9 Å². The number of aromatic nitrogens is 3. The topological polar surface area (TPSA) is 71.2 Å². The molecule has 0 unspecified atom stereocenters. The molecule has 0 saturated carbocycles. The number of imidazole rings is 1. The molecule has 1 fully saturated rings. The van der Waals surface area contributed by atoms with Crippen molar-refractivity contribution in [2.24, 2.45) is 0 Å². The number of fused-ring (bicyclic) bond motifs is 3. The van der Waals surface area contributed by atoms with E-state index in [9.17, 15) is 10.0 Å². The number of rotatable bonds is 2. The van der Waals surface area contributed by atoms with Crippen LogP contribution >= 0.6 is 0 Å². The Hall–Kier alpha value is -3.41. The Morgan fingerprint density at radius 2 is 1.68 bits per heavy atom. The van der Waals surface area contributed by atoms with Crippen molar-refractivity contribution in [1.29, 1.82) is 0 Å². The zero-order valence-electron chi connectivity index (χ0n) is 15.3. The molecule has 0 aliphatic carbocycles. The van der Waals surface area contributed by atoms with Crippen LogP contribution in [0, 0.1) is 0 Å². The van der Waals surface area contributed by atoms with Gasteiger partial charge >= 0.3 is 0 Å². The summed E-state index contributed by atoms with van der Waals surface area (Å²) in [5, 5.41) is 11.1. The van der Waals surface area contributed by atoms with Crippen molar-refractivity contribution in [3.63, 3.8) is 0 Å². The van der Waals surface area contributed by atoms with E-state index in [1.165, 1.54) is 0 Å². The Balaban J connectivity index is 1.38. The molecule has 2 aromatic carbocycles. The van der Waals surface area contributed by atoms with Crippen LogP contribution < -0.4 is 0 Å². The van der Waals surface area contributed by atoms with Crippen molar-refractivity contribution >= 4 is 16.8 Å². The normalized spacial score (nSPS) is 15.4. The third-order valence-electron chi connectivity index (χ3n) is 5.52. The number of hydrogen-bond donors (Lipinski definition) is 1. The van der Waals surface area contributed by atoms with Crippen LogP contribution in [0.15, 0.2) is 60.8 Å². The first-order valence-corrected chi connectivity index (χ1v) is 9.52. The van der Waals surface area contributed by atoms with Gasteiger partial charge < -0.3 is 10.1 Å². The van der Waals surface area contributed by atoms with Crippen LogP contribution in [-0.2, 0) is 0 Å². The van der Waals surface area contributed by atoms with Gasteiger partial charge in [0.2, 0.25) is 0 Å². The summed E-state index contributed by atoms with van der Waals surface area (Å²) >= 11 is 0. The number of hydrogen-bond acceptors (Lipinski definition) is 4. The van der Waals surface area contributed by atoms with Gasteiger partial charge in [-0.2, -0.15) is 4.73 Å². The van der Waals surface area contributed by atoms with Crippen molar-refractivity contribution in [2.75, 3.05) is 13.1 Å². The largest absolute Gasteiger partial charge is 0.428 e. The summed E-state index contributed by atoms with van der Waals surface area (Å²) in [7, 11) is 0. The zero-order valence-corrected chi connectivity index (χ0v) is 15.3. The Morgan fingerprint density at radius 1 is 0.964 bits per heavy atom. The number of likely N-dealkylation sites (tertiary alicyclic amines) is 1. The molecule has 0 bridgehead atoms. The number of amides is 1. The monoisotopic (exact) mass is 372 g/mol. The minimum atomic E-state index is 0.0833. The van der Waals surface area contributed by atoms with E-state index >= 15 is 0 Å². The van der Waals surface area contributed by atoms with Gasteiger partial charge in [-0.3, -0.25) is 4.79 Å². The summed E-state index contributed by atoms with van der Waals surface area (Å²) in [6, 6.07) is 17.0. The van der Waals surface area contributed by atoms with E-state index in [0.717, 1.165) is 40.0 Å². The summed E-state index contributed by atoms with van der Waals surface area (Å²) in [6.07, 6.45) is 3.29. The molecule has 1 saturated heterocycles. The Kier molecular flexibility index (Phi) is 3.97. The lowest BCUT2D eigenvalue weighted by Crippen LogP contribution is -2.38. The summed E-state index contributed by atoms with van der Waals surface area (Å²) in [5.74, 6) is 1.11. The van der Waals surface area contributed by atoms with E-state index in [2.05, 4.69) is 4.98 Å². The molecular formula is C22H20N4O2. The van der Waals surface area contributed by atoms with Gasteiger partial charge in [0.05, 0.1) is 11.7 Å². The molecular weight excluding hydrogens is 352 g/mol. The first-order chi connectivity index (χ1) is 13.7. The van der Waals surface area contributed by atoms with Gasteiger partial charge in [0.15, 0.2) is 0 Å². The predicted molar refractivity (Wildman–Crippen MR) is 106 cm³/mol. The molecule has 0 radical (unpaired) electrons. The van der Waals surface area contributed by atoms with Gasteiger partial charge in [0.25, 0.3) is 5.91 Å². The van der Waals surface area contributed by atoms with Crippen LogP contribution in [0.25, 0.3) is 22.3 Å². The number of carbonyl (C=O) groups excluding carboxylic acids is 1. The third kappa shape index (κ3) is 2.78. The second-order valence-electron chi connectivity index (χ2n) is 7.24. The van der Waals surface area contributed by atoms with Crippen molar-refractivity contribution in [2.45, 2.75) is 18.8 Å². The van der Waals surface area contributed by atoms with Crippen molar-refractivity contribution < 1.29 is 10.0 Å². The van der Waals surface area contributed by atoms with E-state index in [1.807, 2.05) is 59.5 Å². The smallest absolute Gasteiger partial charge is 0.253 e. The Labute approximate surface area is 162 Å². The molecule has 3 heterocycles. The molecule has 1 N–H and O–H groups in total. The summed E-state index contributed by atoms with van der Waals surface area (Å²) in [5.41, 5.74) is 2.96. The summed E-state index contributed by atoms with van der Waals surface area (Å²) < 4.78 is 1.11. The first kappa shape index (κ1) is 16.7. The minimum absolute atomic E-state index is 0.0833. The predicted octanol–water partition coefficient (Wildman–Crippen LogP) is 3.79. The van der Waals surface area contributed by atoms with Crippen molar-refractivity contribution in [1.82, 2.24) is 19.6 Å². The van der Waals surface area contributed by atoms with Crippen molar-refractivity contribution in [3.05, 3.63) is 72.2 Å². The maximum absolute atomic E-state index is 12.6. The molecule has 1 amide bonds. The number of para-hydroxylation sites is 1. The molecule has 3 aliphatic heterocycles. The molecule has 140 valence electrons. The highest BCUT2D eigenvalue weighted by Crippen LogP contribution is 2.33. The van der Waals surface area contributed by atoms with Crippen LogP contribution in [0.3, 0.4) is 0 Å². The van der Waals surface area contributed by atoms with E-state index in [-0.39, 0.29) is 11.8 Å². The van der Waals surface area contributed by atoms with Crippen LogP contribution in [0.5, 0.6) is 0 Å². The lowest BCUT2D eigenvalue weighted by molar-refractivity contribution is 0.0711. The van der Waals surface area contributed by atoms with Crippen LogP contribution in [0.4, 0.5) is 0 Å². The highest BCUT2D eigenvalue weighted by atomic mass is 16.5. The third-order valence-corrected chi connectivity index (χ3v) is 5.52. The highest BCUT2D eigenvalue weighted by molar-refractivity contribution is 5.94. The van der Waals surface area contributed by atoms with Gasteiger partial charge in [-0.15, -0.1) is 0 Å². The standard InChI is InChI=1S/C22H20N4O2/c27-22(16-6-2-1-3-7-16)25-12-10-15(11-13-25)21-23-18-14-26(28)19-9-5-4-8-17(19)20(18)24-21/h1-9,14-15,28H,10-13H2. The second kappa shape index (κ2) is 6.64. The van der Waals surface area contributed by atoms with E-state index in [4.69, 9.17) is 4.98 Å². The van der Waals surface area contributed by atoms with Gasteiger partial charge in [0.1, 0.15) is 17.2 Å². The molecule has 28 heavy (non-hydrogen) atoms. The highest BCUT2D eigenvalue weighted by Gasteiger charge is 2.28. The number of piperidine rings is 1. The fraction of sp³-hybridized carbons (Fsp3) is 0.227. The molecule has 6 heteroatoms. The van der Waals surface area contributed by atoms with Crippen LogP contribution in [0.2, 0.25) is 0 Å². The first-order valence-electron chi connectivity index (χ1n) is 9.52. The summed E-state index contributed by atoms with van der Waals surface area (Å²) in [4.78, 5) is 24.0. The zero-order chi connectivity index (χ0) is 19.1. The molecule has 0 aromatic heterocycles. The van der Waals surface area contributed by atoms with E-state index in [1.54, 1.807) is 6.20 Å². The summed E-state index contributed by atoms with van der Waals surface area (Å²) in [6.45, 7) is 1.40. The number of carbonyl (C=O) groups is 1. The second-order valence-corrected chi connectivity index (χ2v) is 7.24. The fourth-order valence-electron chi connectivity index (χ4n) is 4.01. The number of benzene rings is 2. The SMILES string of the molecule is O=C(c1ccccc1)N1CCC(c2nc3cn(O)c4ccccc4c-3n2)CC1. The average molecular weight is 372 g/mol. The molecule has 0 spiro atoms. The number of pyridine rings is 1. The molecule has 2 aromatic rings.